The van der Waals surface area contributed by atoms with Crippen LogP contribution in [0.2, 0.25) is 5.02 Å². The number of nitrogens with zero attached hydrogens (tertiary/aromatic N) is 2. The summed E-state index contributed by atoms with van der Waals surface area (Å²) >= 11 is 6.04. The lowest BCUT2D eigenvalue weighted by atomic mass is 10.1. The molecule has 1 aliphatic rings. The molecule has 1 fully saturated rings. The van der Waals surface area contributed by atoms with Crippen molar-refractivity contribution in [3.8, 4) is 0 Å². The molecule has 0 bridgehead atoms. The fourth-order valence-corrected chi connectivity index (χ4v) is 4.97. The molecular formula is C18H14ClN2O5P. The van der Waals surface area contributed by atoms with Gasteiger partial charge in [0.25, 0.3) is 5.69 Å². The van der Waals surface area contributed by atoms with Crippen LogP contribution in [0.1, 0.15) is 18.1 Å². The number of aromatic nitrogens is 1. The third-order valence-corrected chi connectivity index (χ3v) is 6.48. The Morgan fingerprint density at radius 3 is 2.81 bits per heavy atom. The molecule has 0 amide bonds. The number of rotatable bonds is 3. The molecule has 0 N–H and O–H groups in total. The highest BCUT2D eigenvalue weighted by atomic mass is 35.5. The molecule has 1 aliphatic heterocycles. The summed E-state index contributed by atoms with van der Waals surface area (Å²) in [6, 6.07) is 13.3. The number of halogens is 1. The van der Waals surface area contributed by atoms with Gasteiger partial charge in [-0.2, -0.15) is 0 Å². The summed E-state index contributed by atoms with van der Waals surface area (Å²) in [5.41, 5.74) is 0.927. The maximum Gasteiger partial charge on any atom is 0.363 e. The molecule has 9 heteroatoms. The average Bonchev–Trinajstić information content (AvgIpc) is 2.67. The summed E-state index contributed by atoms with van der Waals surface area (Å²) in [7, 11) is -3.62. The number of non-ortho nitro benzene ring substituents is 1. The van der Waals surface area contributed by atoms with E-state index in [0.29, 0.717) is 16.8 Å². The van der Waals surface area contributed by atoms with E-state index in [4.69, 9.17) is 20.6 Å². The van der Waals surface area contributed by atoms with Gasteiger partial charge in [0.2, 0.25) is 0 Å². The van der Waals surface area contributed by atoms with E-state index in [2.05, 4.69) is 4.98 Å². The van der Waals surface area contributed by atoms with E-state index in [0.717, 1.165) is 5.56 Å². The zero-order valence-electron chi connectivity index (χ0n) is 13.9. The predicted molar refractivity (Wildman–Crippen MR) is 101 cm³/mol. The summed E-state index contributed by atoms with van der Waals surface area (Å²) in [5.74, 6) is 0. The number of fused-ring (bicyclic) bond motifs is 1. The van der Waals surface area contributed by atoms with Gasteiger partial charge in [-0.25, -0.2) is 4.98 Å². The Morgan fingerprint density at radius 2 is 2.04 bits per heavy atom. The van der Waals surface area contributed by atoms with Crippen molar-refractivity contribution in [3.05, 3.63) is 75.4 Å². The molecule has 4 rings (SSSR count). The topological polar surface area (TPSA) is 91.6 Å². The molecule has 7 nitrogen and oxygen atoms in total. The second-order valence-electron chi connectivity index (χ2n) is 6.07. The van der Waals surface area contributed by atoms with Gasteiger partial charge in [0, 0.05) is 29.1 Å². The Balaban J connectivity index is 1.71. The molecule has 2 aromatic carbocycles. The third kappa shape index (κ3) is 3.47. The zero-order chi connectivity index (χ0) is 19.0. The lowest BCUT2D eigenvalue weighted by molar-refractivity contribution is -0.383. The molecule has 138 valence electrons. The monoisotopic (exact) mass is 404 g/mol. The van der Waals surface area contributed by atoms with Crippen LogP contribution in [0.5, 0.6) is 0 Å². The Kier molecular flexibility index (Phi) is 4.70. The standard InChI is InChI=1S/C18H14ClN2O5P/c19-14-5-1-3-12(9-14)17-7-8-25-27(24,26-17)15-10-13-4-2-6-16(21(22)23)18(13)20-11-15/h1-6,9-11,17H,7-8H2. The normalized spacial score (nSPS) is 22.6. The van der Waals surface area contributed by atoms with E-state index in [-0.39, 0.29) is 23.1 Å². The fourth-order valence-electron chi connectivity index (χ4n) is 3.03. The SMILES string of the molecule is O=[N+]([O-])c1cccc2cc(P3(=O)OCCC(c4cccc(Cl)c4)O3)cnc12. The number of pyridine rings is 1. The van der Waals surface area contributed by atoms with Crippen LogP contribution >= 0.6 is 19.2 Å². The van der Waals surface area contributed by atoms with Gasteiger partial charge in [-0.3, -0.25) is 19.2 Å². The van der Waals surface area contributed by atoms with E-state index < -0.39 is 18.6 Å². The lowest BCUT2D eigenvalue weighted by Gasteiger charge is -2.30. The maximum absolute atomic E-state index is 13.3. The third-order valence-electron chi connectivity index (χ3n) is 4.32. The van der Waals surface area contributed by atoms with Crippen LogP contribution in [0.15, 0.2) is 54.7 Å². The van der Waals surface area contributed by atoms with Gasteiger partial charge >= 0.3 is 7.60 Å². The molecule has 0 saturated carbocycles. The molecule has 0 aliphatic carbocycles. The minimum Gasteiger partial charge on any atom is -0.305 e. The van der Waals surface area contributed by atoms with E-state index in [1.54, 1.807) is 36.4 Å². The molecule has 1 saturated heterocycles. The molecule has 1 aromatic heterocycles. The summed E-state index contributed by atoms with van der Waals surface area (Å²) in [4.78, 5) is 14.8. The first-order valence-electron chi connectivity index (χ1n) is 8.18. The van der Waals surface area contributed by atoms with Gasteiger partial charge < -0.3 is 4.52 Å². The van der Waals surface area contributed by atoms with Crippen LogP contribution < -0.4 is 5.30 Å². The fraction of sp³-hybridized carbons (Fsp3) is 0.167. The van der Waals surface area contributed by atoms with Crippen molar-refractivity contribution in [3.63, 3.8) is 0 Å². The van der Waals surface area contributed by atoms with Gasteiger partial charge in [0.1, 0.15) is 5.52 Å². The second-order valence-corrected chi connectivity index (χ2v) is 8.48. The minimum absolute atomic E-state index is 0.111. The van der Waals surface area contributed by atoms with Crippen LogP contribution in [0, 0.1) is 10.1 Å². The van der Waals surface area contributed by atoms with Crippen LogP contribution in [0.4, 0.5) is 5.69 Å². The molecule has 2 unspecified atom stereocenters. The quantitative estimate of drug-likeness (QED) is 0.354. The smallest absolute Gasteiger partial charge is 0.305 e. The number of nitro groups is 1. The van der Waals surface area contributed by atoms with Gasteiger partial charge in [-0.15, -0.1) is 0 Å². The first-order chi connectivity index (χ1) is 13.0. The largest absolute Gasteiger partial charge is 0.363 e. The van der Waals surface area contributed by atoms with Gasteiger partial charge in [0.15, 0.2) is 0 Å². The Morgan fingerprint density at radius 1 is 1.22 bits per heavy atom. The Bertz CT molecular complexity index is 1090. The second kappa shape index (κ2) is 7.02. The Labute approximate surface area is 159 Å². The summed E-state index contributed by atoms with van der Waals surface area (Å²) in [6.45, 7) is 0.251. The molecule has 27 heavy (non-hydrogen) atoms. The summed E-state index contributed by atoms with van der Waals surface area (Å²) in [5, 5.41) is 12.5. The highest BCUT2D eigenvalue weighted by Gasteiger charge is 2.37. The summed E-state index contributed by atoms with van der Waals surface area (Å²) in [6.07, 6.45) is 1.43. The van der Waals surface area contributed by atoms with Crippen molar-refractivity contribution in [1.82, 2.24) is 4.98 Å². The van der Waals surface area contributed by atoms with Crippen LogP contribution in [0.25, 0.3) is 10.9 Å². The molecular weight excluding hydrogens is 391 g/mol. The van der Waals surface area contributed by atoms with Crippen LogP contribution in [0.3, 0.4) is 0 Å². The van der Waals surface area contributed by atoms with Crippen LogP contribution in [-0.2, 0) is 13.6 Å². The minimum atomic E-state index is -3.62. The zero-order valence-corrected chi connectivity index (χ0v) is 15.6. The molecule has 0 radical (unpaired) electrons. The maximum atomic E-state index is 13.3. The van der Waals surface area contributed by atoms with E-state index in [1.165, 1.54) is 12.3 Å². The van der Waals surface area contributed by atoms with Gasteiger partial charge in [0.05, 0.1) is 22.9 Å². The number of para-hydroxylation sites is 1. The molecule has 2 heterocycles. The van der Waals surface area contributed by atoms with Crippen molar-refractivity contribution in [2.24, 2.45) is 0 Å². The first kappa shape index (κ1) is 18.1. The Hall–Kier alpha value is -2.31. The van der Waals surface area contributed by atoms with Gasteiger partial charge in [-0.1, -0.05) is 35.9 Å². The highest BCUT2D eigenvalue weighted by Crippen LogP contribution is 2.55. The number of hydrogen-bond donors (Lipinski definition) is 0. The number of nitro benzene ring substituents is 1. The van der Waals surface area contributed by atoms with Crippen molar-refractivity contribution in [2.45, 2.75) is 12.5 Å². The molecule has 2 atom stereocenters. The highest BCUT2D eigenvalue weighted by molar-refractivity contribution is 7.62. The van der Waals surface area contributed by atoms with Crippen molar-refractivity contribution in [1.29, 1.82) is 0 Å². The number of benzene rings is 2. The van der Waals surface area contributed by atoms with E-state index in [1.807, 2.05) is 6.07 Å². The average molecular weight is 405 g/mol. The number of hydrogen-bond acceptors (Lipinski definition) is 6. The van der Waals surface area contributed by atoms with E-state index >= 15 is 0 Å². The van der Waals surface area contributed by atoms with Crippen LogP contribution in [-0.4, -0.2) is 16.5 Å². The van der Waals surface area contributed by atoms with Gasteiger partial charge in [-0.05, 0) is 23.8 Å². The molecule has 3 aromatic rings. The lowest BCUT2D eigenvalue weighted by Crippen LogP contribution is -2.20. The molecule has 0 spiro atoms. The first-order valence-corrected chi connectivity index (χ1v) is 10.1. The van der Waals surface area contributed by atoms with Crippen molar-refractivity contribution >= 4 is 41.1 Å². The van der Waals surface area contributed by atoms with E-state index in [9.17, 15) is 14.7 Å². The van der Waals surface area contributed by atoms with Crippen molar-refractivity contribution in [2.75, 3.05) is 6.61 Å². The summed E-state index contributed by atoms with van der Waals surface area (Å²) < 4.78 is 24.6. The predicted octanol–water partition coefficient (Wildman–Crippen LogP) is 4.79. The van der Waals surface area contributed by atoms with Crippen molar-refractivity contribution < 1.29 is 18.5 Å².